The topological polar surface area (TPSA) is 84.1 Å². The molecule has 1 amide bonds. The number of para-hydroxylation sites is 1. The Hall–Kier alpha value is -2.80. The molecule has 0 spiro atoms. The fraction of sp³-hybridized carbons (Fsp3) is 0.211. The number of hydrogen-bond acceptors (Lipinski definition) is 5. The zero-order chi connectivity index (χ0) is 18.5. The lowest BCUT2D eigenvalue weighted by atomic mass is 10.1. The van der Waals surface area contributed by atoms with Gasteiger partial charge in [-0.1, -0.05) is 23.9 Å². The zero-order valence-corrected chi connectivity index (χ0v) is 15.4. The van der Waals surface area contributed by atoms with Crippen LogP contribution in [0.2, 0.25) is 0 Å². The van der Waals surface area contributed by atoms with Gasteiger partial charge in [0, 0.05) is 11.6 Å². The second-order valence-corrected chi connectivity index (χ2v) is 6.56. The first-order chi connectivity index (χ1) is 12.6. The first kappa shape index (κ1) is 18.0. The minimum Gasteiger partial charge on any atom is -0.494 e. The van der Waals surface area contributed by atoms with Crippen LogP contribution in [0, 0.1) is 0 Å². The van der Waals surface area contributed by atoms with Crippen LogP contribution in [0.3, 0.4) is 0 Å². The van der Waals surface area contributed by atoms with E-state index in [1.165, 1.54) is 18.7 Å². The molecule has 0 fully saturated rings. The van der Waals surface area contributed by atoms with Crippen molar-refractivity contribution in [1.82, 2.24) is 9.97 Å². The number of amides is 1. The number of aromatic nitrogens is 2. The number of nitrogens with zero attached hydrogens (tertiary/aromatic N) is 1. The number of hydrogen-bond donors (Lipinski definition) is 2. The molecule has 0 saturated carbocycles. The smallest absolute Gasteiger partial charge is 0.234 e. The van der Waals surface area contributed by atoms with Gasteiger partial charge in [-0.05, 0) is 38.1 Å². The molecule has 0 aliphatic carbocycles. The van der Waals surface area contributed by atoms with Crippen molar-refractivity contribution in [1.29, 1.82) is 0 Å². The highest BCUT2D eigenvalue weighted by Gasteiger charge is 2.11. The maximum atomic E-state index is 12.2. The number of ketones is 1. The van der Waals surface area contributed by atoms with E-state index in [1.807, 2.05) is 25.1 Å². The van der Waals surface area contributed by atoms with Crippen LogP contribution in [-0.2, 0) is 4.79 Å². The molecule has 0 radical (unpaired) electrons. The molecule has 0 atom stereocenters. The molecule has 134 valence electrons. The lowest BCUT2D eigenvalue weighted by molar-refractivity contribution is -0.113. The van der Waals surface area contributed by atoms with Crippen LogP contribution in [0.5, 0.6) is 5.75 Å². The highest BCUT2D eigenvalue weighted by Crippen LogP contribution is 2.24. The number of carbonyl (C=O) groups is 2. The average molecular weight is 369 g/mol. The highest BCUT2D eigenvalue weighted by molar-refractivity contribution is 7.99. The number of ether oxygens (including phenoxy) is 1. The molecule has 2 aromatic carbocycles. The van der Waals surface area contributed by atoms with E-state index in [1.54, 1.807) is 24.3 Å². The number of thioether (sulfide) groups is 1. The van der Waals surface area contributed by atoms with Crippen molar-refractivity contribution in [2.24, 2.45) is 0 Å². The fourth-order valence-electron chi connectivity index (χ4n) is 2.51. The number of aromatic amines is 1. The molecule has 6 nitrogen and oxygen atoms in total. The number of nitrogens with one attached hydrogen (secondary N) is 2. The van der Waals surface area contributed by atoms with E-state index in [0.29, 0.717) is 23.0 Å². The second-order valence-electron chi connectivity index (χ2n) is 5.59. The summed E-state index contributed by atoms with van der Waals surface area (Å²) in [6.45, 7) is 4.01. The number of imidazole rings is 1. The standard InChI is InChI=1S/C19H19N3O3S/c1-3-25-13-8-9-16-17(10-13)22-19(21-16)26-11-18(24)20-15-7-5-4-6-14(15)12(2)23/h4-10H,3,11H2,1-2H3,(H,20,24)(H,21,22). The first-order valence-corrected chi connectivity index (χ1v) is 9.20. The van der Waals surface area contributed by atoms with E-state index < -0.39 is 0 Å². The van der Waals surface area contributed by atoms with E-state index in [0.717, 1.165) is 16.8 Å². The Morgan fingerprint density at radius 1 is 1.23 bits per heavy atom. The largest absolute Gasteiger partial charge is 0.494 e. The SMILES string of the molecule is CCOc1ccc2nc(SCC(=O)Nc3ccccc3C(C)=O)[nH]c2c1. The Morgan fingerprint density at radius 3 is 2.81 bits per heavy atom. The minimum atomic E-state index is -0.195. The summed E-state index contributed by atoms with van der Waals surface area (Å²) in [5, 5.41) is 3.44. The predicted octanol–water partition coefficient (Wildman–Crippen LogP) is 3.90. The van der Waals surface area contributed by atoms with Gasteiger partial charge in [-0.25, -0.2) is 4.98 Å². The highest BCUT2D eigenvalue weighted by atomic mass is 32.2. The third-order valence-corrected chi connectivity index (χ3v) is 4.54. The van der Waals surface area contributed by atoms with Crippen molar-refractivity contribution in [3.05, 3.63) is 48.0 Å². The lowest BCUT2D eigenvalue weighted by Crippen LogP contribution is -2.16. The van der Waals surface area contributed by atoms with Gasteiger partial charge in [0.2, 0.25) is 5.91 Å². The zero-order valence-electron chi connectivity index (χ0n) is 14.5. The first-order valence-electron chi connectivity index (χ1n) is 8.22. The summed E-state index contributed by atoms with van der Waals surface area (Å²) >= 11 is 1.30. The number of fused-ring (bicyclic) bond motifs is 1. The van der Waals surface area contributed by atoms with Gasteiger partial charge in [-0.3, -0.25) is 9.59 Å². The third kappa shape index (κ3) is 4.23. The van der Waals surface area contributed by atoms with Crippen molar-refractivity contribution >= 4 is 40.2 Å². The maximum absolute atomic E-state index is 12.2. The Labute approximate surface area is 155 Å². The van der Waals surface area contributed by atoms with Crippen LogP contribution in [-0.4, -0.2) is 34.0 Å². The molecule has 26 heavy (non-hydrogen) atoms. The van der Waals surface area contributed by atoms with Gasteiger partial charge in [0.05, 0.1) is 29.1 Å². The molecule has 0 saturated heterocycles. The van der Waals surface area contributed by atoms with E-state index >= 15 is 0 Å². The van der Waals surface area contributed by atoms with Crippen LogP contribution in [0.25, 0.3) is 11.0 Å². The summed E-state index contributed by atoms with van der Waals surface area (Å²) in [6.07, 6.45) is 0. The molecular formula is C19H19N3O3S. The second kappa shape index (κ2) is 8.05. The van der Waals surface area contributed by atoms with Crippen LogP contribution in [0.1, 0.15) is 24.2 Å². The molecule has 0 bridgehead atoms. The number of benzene rings is 2. The van der Waals surface area contributed by atoms with E-state index in [2.05, 4.69) is 15.3 Å². The van der Waals surface area contributed by atoms with Crippen LogP contribution < -0.4 is 10.1 Å². The summed E-state index contributed by atoms with van der Waals surface area (Å²) in [7, 11) is 0. The monoisotopic (exact) mass is 369 g/mol. The fourth-order valence-corrected chi connectivity index (χ4v) is 3.19. The Morgan fingerprint density at radius 2 is 2.04 bits per heavy atom. The summed E-state index contributed by atoms with van der Waals surface area (Å²) in [4.78, 5) is 31.5. The Kier molecular flexibility index (Phi) is 5.58. The van der Waals surface area contributed by atoms with Crippen LogP contribution in [0.15, 0.2) is 47.6 Å². The normalized spacial score (nSPS) is 10.7. The van der Waals surface area contributed by atoms with Gasteiger partial charge in [0.25, 0.3) is 0 Å². The molecular weight excluding hydrogens is 350 g/mol. The van der Waals surface area contributed by atoms with Gasteiger partial charge in [0.1, 0.15) is 5.75 Å². The molecule has 7 heteroatoms. The summed E-state index contributed by atoms with van der Waals surface area (Å²) in [6, 6.07) is 12.6. The number of anilines is 1. The molecule has 0 unspecified atom stereocenters. The quantitative estimate of drug-likeness (QED) is 0.487. The summed E-state index contributed by atoms with van der Waals surface area (Å²) < 4.78 is 5.47. The van der Waals surface area contributed by atoms with Gasteiger partial charge in [-0.15, -0.1) is 0 Å². The lowest BCUT2D eigenvalue weighted by Gasteiger charge is -2.08. The van der Waals surface area contributed by atoms with Crippen molar-refractivity contribution < 1.29 is 14.3 Å². The summed E-state index contributed by atoms with van der Waals surface area (Å²) in [5.74, 6) is 0.679. The predicted molar refractivity (Wildman–Crippen MR) is 103 cm³/mol. The Bertz CT molecular complexity index is 952. The molecule has 3 rings (SSSR count). The van der Waals surface area contributed by atoms with Gasteiger partial charge in [-0.2, -0.15) is 0 Å². The Balaban J connectivity index is 1.64. The third-order valence-electron chi connectivity index (χ3n) is 3.66. The minimum absolute atomic E-state index is 0.0871. The molecule has 0 aliphatic heterocycles. The number of rotatable bonds is 7. The molecule has 1 heterocycles. The van der Waals surface area contributed by atoms with Crippen molar-refractivity contribution in [3.63, 3.8) is 0 Å². The average Bonchev–Trinajstić information content (AvgIpc) is 3.03. The van der Waals surface area contributed by atoms with Gasteiger partial charge >= 0.3 is 0 Å². The van der Waals surface area contributed by atoms with Gasteiger partial charge in [0.15, 0.2) is 10.9 Å². The van der Waals surface area contributed by atoms with Crippen molar-refractivity contribution in [2.45, 2.75) is 19.0 Å². The number of carbonyl (C=O) groups excluding carboxylic acids is 2. The number of Topliss-reactive ketones (excluding diaryl/α,β-unsaturated/α-hetero) is 1. The summed E-state index contributed by atoms with van der Waals surface area (Å²) in [5.41, 5.74) is 2.70. The molecule has 3 aromatic rings. The van der Waals surface area contributed by atoms with Gasteiger partial charge < -0.3 is 15.0 Å². The van der Waals surface area contributed by atoms with E-state index in [-0.39, 0.29) is 17.4 Å². The van der Waals surface area contributed by atoms with E-state index in [4.69, 9.17) is 4.74 Å². The number of H-pyrrole nitrogens is 1. The van der Waals surface area contributed by atoms with Crippen molar-refractivity contribution in [2.75, 3.05) is 17.7 Å². The molecule has 1 aromatic heterocycles. The van der Waals surface area contributed by atoms with E-state index in [9.17, 15) is 9.59 Å². The van der Waals surface area contributed by atoms with Crippen molar-refractivity contribution in [3.8, 4) is 5.75 Å². The maximum Gasteiger partial charge on any atom is 0.234 e. The molecule has 2 N–H and O–H groups in total. The van der Waals surface area contributed by atoms with Crippen LogP contribution >= 0.6 is 11.8 Å². The van der Waals surface area contributed by atoms with Crippen LogP contribution in [0.4, 0.5) is 5.69 Å². The molecule has 0 aliphatic rings.